The average Bonchev–Trinajstić information content (AvgIpc) is 3.33. The monoisotopic (exact) mass is 512 g/mol. The highest BCUT2D eigenvalue weighted by Gasteiger charge is 2.41. The van der Waals surface area contributed by atoms with Crippen molar-refractivity contribution in [2.24, 2.45) is 11.8 Å². The Hall–Kier alpha value is -3.21. The minimum atomic E-state index is -4.22. The van der Waals surface area contributed by atoms with Gasteiger partial charge in [-0.05, 0) is 69.7 Å². The predicted molar refractivity (Wildman–Crippen MR) is 137 cm³/mol. The van der Waals surface area contributed by atoms with Crippen LogP contribution < -0.4 is 19.8 Å². The van der Waals surface area contributed by atoms with Gasteiger partial charge in [0.1, 0.15) is 17.5 Å². The third kappa shape index (κ3) is 4.52. The van der Waals surface area contributed by atoms with Crippen molar-refractivity contribution in [3.8, 4) is 0 Å². The first kappa shape index (κ1) is 24.5. The van der Waals surface area contributed by atoms with Gasteiger partial charge >= 0.3 is 0 Å². The number of anilines is 3. The van der Waals surface area contributed by atoms with Crippen LogP contribution in [-0.2, 0) is 14.8 Å². The molecule has 36 heavy (non-hydrogen) atoms. The molecule has 11 heteroatoms. The molecule has 10 nitrogen and oxygen atoms in total. The predicted octanol–water partition coefficient (Wildman–Crippen LogP) is 2.78. The zero-order chi connectivity index (χ0) is 25.7. The molecule has 5 heterocycles. The van der Waals surface area contributed by atoms with Crippen molar-refractivity contribution < 1.29 is 18.0 Å². The normalized spacial score (nSPS) is 25.4. The molecule has 2 aromatic rings. The molecule has 0 saturated carbocycles. The van der Waals surface area contributed by atoms with E-state index in [0.29, 0.717) is 43.0 Å². The van der Waals surface area contributed by atoms with Crippen LogP contribution in [0.4, 0.5) is 17.5 Å². The molecule has 2 fully saturated rings. The summed E-state index contributed by atoms with van der Waals surface area (Å²) in [6.45, 7) is 8.03. The molecule has 3 aliphatic rings. The Bertz CT molecular complexity index is 1310. The number of hydrogen-bond acceptors (Lipinski definition) is 8. The van der Waals surface area contributed by atoms with E-state index in [1.54, 1.807) is 29.2 Å². The standard InChI is InChI=1S/C25H32N6O4S/c1-16-11-13-30(24(16)33)20-10-9-18-22(28-20)31-15-17(14-25(31,2)3)6-5-12-26-19-7-4-8-21(27-19)36(34,35)29-23(18)32/h4,7-10,16-17H,5-6,11-15H2,1-3H3,(H,26,27)(H,29,32)/t16?,17-/m0/s1. The second-order valence-corrected chi connectivity index (χ2v) is 12.2. The maximum atomic E-state index is 13.4. The van der Waals surface area contributed by atoms with Gasteiger partial charge in [-0.1, -0.05) is 13.0 Å². The minimum Gasteiger partial charge on any atom is -0.370 e. The number of amides is 2. The zero-order valence-corrected chi connectivity index (χ0v) is 21.6. The molecule has 192 valence electrons. The number of nitrogens with one attached hydrogen (secondary N) is 2. The lowest BCUT2D eigenvalue weighted by Crippen LogP contribution is -2.41. The summed E-state index contributed by atoms with van der Waals surface area (Å²) >= 11 is 0. The van der Waals surface area contributed by atoms with E-state index in [4.69, 9.17) is 4.98 Å². The number of nitrogens with zero attached hydrogens (tertiary/aromatic N) is 4. The van der Waals surface area contributed by atoms with Gasteiger partial charge in [0, 0.05) is 31.1 Å². The third-order valence-electron chi connectivity index (χ3n) is 7.39. The van der Waals surface area contributed by atoms with Crippen molar-refractivity contribution >= 4 is 39.3 Å². The van der Waals surface area contributed by atoms with Gasteiger partial charge in [0.25, 0.3) is 15.9 Å². The summed E-state index contributed by atoms with van der Waals surface area (Å²) in [6, 6.07) is 7.86. The van der Waals surface area contributed by atoms with Crippen LogP contribution >= 0.6 is 0 Å². The molecule has 5 rings (SSSR count). The maximum Gasteiger partial charge on any atom is 0.281 e. The number of sulfonamides is 1. The number of rotatable bonds is 1. The van der Waals surface area contributed by atoms with Gasteiger partial charge in [-0.15, -0.1) is 0 Å². The Morgan fingerprint density at radius 2 is 1.89 bits per heavy atom. The molecular formula is C25H32N6O4S. The molecule has 3 aliphatic heterocycles. The van der Waals surface area contributed by atoms with E-state index in [1.807, 2.05) is 6.92 Å². The van der Waals surface area contributed by atoms with Gasteiger partial charge in [-0.25, -0.2) is 14.7 Å². The van der Waals surface area contributed by atoms with Crippen LogP contribution in [0.25, 0.3) is 0 Å². The van der Waals surface area contributed by atoms with E-state index < -0.39 is 15.9 Å². The number of aromatic nitrogens is 2. The van der Waals surface area contributed by atoms with Crippen LogP contribution in [0.3, 0.4) is 0 Å². The van der Waals surface area contributed by atoms with Crippen LogP contribution in [0.15, 0.2) is 35.4 Å². The summed E-state index contributed by atoms with van der Waals surface area (Å²) in [5.41, 5.74) is -0.150. The highest BCUT2D eigenvalue weighted by atomic mass is 32.2. The number of carbonyl (C=O) groups excluding carboxylic acids is 2. The molecule has 2 aromatic heterocycles. The fourth-order valence-corrected chi connectivity index (χ4v) is 6.41. The molecule has 0 aliphatic carbocycles. The van der Waals surface area contributed by atoms with Crippen LogP contribution in [-0.4, -0.2) is 55.4 Å². The Balaban J connectivity index is 1.60. The molecule has 0 radical (unpaired) electrons. The van der Waals surface area contributed by atoms with E-state index in [2.05, 4.69) is 33.8 Å². The molecule has 2 amide bonds. The molecular weight excluding hydrogens is 480 g/mol. The topological polar surface area (TPSA) is 125 Å². The Labute approximate surface area is 211 Å². The molecule has 1 unspecified atom stereocenters. The SMILES string of the molecule is CC1CCN(c2ccc3c(n2)N2C[C@@H](CCCNc4cccc(n4)S(=O)(=O)NC3=O)CC2(C)C)C1=O. The fraction of sp³-hybridized carbons (Fsp3) is 0.520. The molecule has 4 bridgehead atoms. The van der Waals surface area contributed by atoms with Gasteiger partial charge in [-0.3, -0.25) is 14.5 Å². The molecule has 2 saturated heterocycles. The van der Waals surface area contributed by atoms with Gasteiger partial charge < -0.3 is 10.2 Å². The highest BCUT2D eigenvalue weighted by molar-refractivity contribution is 7.90. The Morgan fingerprint density at radius 1 is 1.08 bits per heavy atom. The van der Waals surface area contributed by atoms with Crippen molar-refractivity contribution in [1.29, 1.82) is 0 Å². The van der Waals surface area contributed by atoms with Crippen LogP contribution in [0.2, 0.25) is 0 Å². The van der Waals surface area contributed by atoms with Crippen LogP contribution in [0.5, 0.6) is 0 Å². The first-order chi connectivity index (χ1) is 17.0. The summed E-state index contributed by atoms with van der Waals surface area (Å²) in [7, 11) is -4.22. The number of hydrogen-bond donors (Lipinski definition) is 2. The highest BCUT2D eigenvalue weighted by Crippen LogP contribution is 2.40. The van der Waals surface area contributed by atoms with Gasteiger partial charge in [0.2, 0.25) is 5.91 Å². The number of carbonyl (C=O) groups is 2. The lowest BCUT2D eigenvalue weighted by molar-refractivity contribution is -0.119. The summed E-state index contributed by atoms with van der Waals surface area (Å²) < 4.78 is 28.3. The van der Waals surface area contributed by atoms with Crippen LogP contribution in [0, 0.1) is 11.8 Å². The summed E-state index contributed by atoms with van der Waals surface area (Å²) in [5, 5.41) is 2.96. The fourth-order valence-electron chi connectivity index (χ4n) is 5.47. The Kier molecular flexibility index (Phi) is 6.14. The third-order valence-corrected chi connectivity index (χ3v) is 8.62. The van der Waals surface area contributed by atoms with E-state index in [-0.39, 0.29) is 28.0 Å². The smallest absolute Gasteiger partial charge is 0.281 e. The van der Waals surface area contributed by atoms with Crippen molar-refractivity contribution in [2.75, 3.05) is 34.8 Å². The lowest BCUT2D eigenvalue weighted by atomic mass is 9.93. The average molecular weight is 513 g/mol. The summed E-state index contributed by atoms with van der Waals surface area (Å²) in [4.78, 5) is 38.9. The Morgan fingerprint density at radius 3 is 2.64 bits per heavy atom. The largest absolute Gasteiger partial charge is 0.370 e. The van der Waals surface area contributed by atoms with Gasteiger partial charge in [0.05, 0.1) is 5.56 Å². The van der Waals surface area contributed by atoms with E-state index in [0.717, 1.165) is 25.7 Å². The first-order valence-corrected chi connectivity index (χ1v) is 13.9. The number of fused-ring (bicyclic) bond motifs is 6. The van der Waals surface area contributed by atoms with E-state index in [1.165, 1.54) is 6.07 Å². The van der Waals surface area contributed by atoms with Crippen molar-refractivity contribution in [3.63, 3.8) is 0 Å². The van der Waals surface area contributed by atoms with E-state index >= 15 is 0 Å². The zero-order valence-electron chi connectivity index (χ0n) is 20.8. The van der Waals surface area contributed by atoms with Crippen LogP contribution in [0.1, 0.15) is 56.8 Å². The number of pyridine rings is 2. The quantitative estimate of drug-likeness (QED) is 0.598. The lowest BCUT2D eigenvalue weighted by Gasteiger charge is -2.34. The van der Waals surface area contributed by atoms with Crippen molar-refractivity contribution in [3.05, 3.63) is 35.9 Å². The minimum absolute atomic E-state index is 0.00337. The molecule has 0 spiro atoms. The summed E-state index contributed by atoms with van der Waals surface area (Å²) in [5.74, 6) is 0.851. The molecule has 2 N–H and O–H groups in total. The van der Waals surface area contributed by atoms with E-state index in [9.17, 15) is 18.0 Å². The maximum absolute atomic E-state index is 13.4. The van der Waals surface area contributed by atoms with Gasteiger partial charge in [-0.2, -0.15) is 8.42 Å². The first-order valence-electron chi connectivity index (χ1n) is 12.4. The molecule has 0 aromatic carbocycles. The van der Waals surface area contributed by atoms with Crippen molar-refractivity contribution in [2.45, 2.75) is 57.0 Å². The molecule has 2 atom stereocenters. The summed E-state index contributed by atoms with van der Waals surface area (Å²) in [6.07, 6.45) is 3.51. The van der Waals surface area contributed by atoms with Crippen molar-refractivity contribution in [1.82, 2.24) is 14.7 Å². The second-order valence-electron chi connectivity index (χ2n) is 10.6. The second kappa shape index (κ2) is 9.02. The van der Waals surface area contributed by atoms with Gasteiger partial charge in [0.15, 0.2) is 5.03 Å².